The van der Waals surface area contributed by atoms with Crippen LogP contribution in [0, 0.1) is 20.8 Å². The first-order valence-corrected chi connectivity index (χ1v) is 9.11. The topological polar surface area (TPSA) is 67.7 Å². The SMILES string of the molecule is Cc1cccc(NC(=O)OC(C)C)c1CNc1cccn2c(C)c(C)nc12. The Hall–Kier alpha value is -3.02. The van der Waals surface area contributed by atoms with Gasteiger partial charge in [-0.15, -0.1) is 0 Å². The highest BCUT2D eigenvalue weighted by Gasteiger charge is 2.13. The van der Waals surface area contributed by atoms with E-state index in [4.69, 9.17) is 4.74 Å². The lowest BCUT2D eigenvalue weighted by Crippen LogP contribution is -2.19. The zero-order chi connectivity index (χ0) is 19.6. The molecule has 2 aromatic heterocycles. The summed E-state index contributed by atoms with van der Waals surface area (Å²) in [6, 6.07) is 9.85. The van der Waals surface area contributed by atoms with Gasteiger partial charge < -0.3 is 14.5 Å². The molecule has 2 N–H and O–H groups in total. The molecular formula is C21H26N4O2. The van der Waals surface area contributed by atoms with Crippen molar-refractivity contribution in [3.05, 3.63) is 59.0 Å². The van der Waals surface area contributed by atoms with Crippen LogP contribution in [0.5, 0.6) is 0 Å². The normalized spacial score (nSPS) is 11.0. The monoisotopic (exact) mass is 366 g/mol. The number of benzene rings is 1. The molecule has 0 aliphatic rings. The Labute approximate surface area is 159 Å². The fourth-order valence-corrected chi connectivity index (χ4v) is 3.03. The van der Waals surface area contributed by atoms with Gasteiger partial charge in [-0.25, -0.2) is 9.78 Å². The molecule has 0 radical (unpaired) electrons. The molecule has 0 aliphatic carbocycles. The van der Waals surface area contributed by atoms with Gasteiger partial charge in [-0.3, -0.25) is 5.32 Å². The molecule has 3 rings (SSSR count). The lowest BCUT2D eigenvalue weighted by Gasteiger charge is -2.16. The van der Waals surface area contributed by atoms with Crippen LogP contribution in [0.15, 0.2) is 36.5 Å². The number of ether oxygens (including phenoxy) is 1. The van der Waals surface area contributed by atoms with Crippen LogP contribution in [0.25, 0.3) is 5.65 Å². The Kier molecular flexibility index (Phi) is 5.35. The van der Waals surface area contributed by atoms with E-state index in [2.05, 4.69) is 26.9 Å². The first-order valence-electron chi connectivity index (χ1n) is 9.11. The highest BCUT2D eigenvalue weighted by atomic mass is 16.6. The minimum Gasteiger partial charge on any atom is -0.447 e. The van der Waals surface area contributed by atoms with Crippen LogP contribution in [-0.2, 0) is 11.3 Å². The number of hydrogen-bond donors (Lipinski definition) is 2. The van der Waals surface area contributed by atoms with Gasteiger partial charge in [-0.05, 0) is 63.9 Å². The highest BCUT2D eigenvalue weighted by Crippen LogP contribution is 2.24. The number of imidazole rings is 1. The maximum absolute atomic E-state index is 12.0. The summed E-state index contributed by atoms with van der Waals surface area (Å²) in [7, 11) is 0. The van der Waals surface area contributed by atoms with Crippen molar-refractivity contribution >= 4 is 23.1 Å². The van der Waals surface area contributed by atoms with E-state index in [1.54, 1.807) is 0 Å². The fraction of sp³-hybridized carbons (Fsp3) is 0.333. The molecule has 1 aromatic carbocycles. The second-order valence-corrected chi connectivity index (χ2v) is 6.93. The van der Waals surface area contributed by atoms with Gasteiger partial charge in [0.15, 0.2) is 5.65 Å². The number of carbonyl (C=O) groups is 1. The van der Waals surface area contributed by atoms with Gasteiger partial charge in [0.05, 0.1) is 17.5 Å². The van der Waals surface area contributed by atoms with E-state index in [9.17, 15) is 4.79 Å². The largest absolute Gasteiger partial charge is 0.447 e. The molecule has 142 valence electrons. The zero-order valence-corrected chi connectivity index (χ0v) is 16.5. The van der Waals surface area contributed by atoms with E-state index < -0.39 is 6.09 Å². The molecule has 6 nitrogen and oxygen atoms in total. The predicted octanol–water partition coefficient (Wildman–Crippen LogP) is 4.83. The van der Waals surface area contributed by atoms with Crippen molar-refractivity contribution in [1.82, 2.24) is 9.38 Å². The standard InChI is InChI=1S/C21H26N4O2/c1-13(2)27-21(26)24-18-9-6-8-14(3)17(18)12-22-19-10-7-11-25-16(5)15(4)23-20(19)25/h6-11,13,22H,12H2,1-5H3,(H,24,26). The number of pyridine rings is 1. The average molecular weight is 366 g/mol. The zero-order valence-electron chi connectivity index (χ0n) is 16.5. The summed E-state index contributed by atoms with van der Waals surface area (Å²) in [5.74, 6) is 0. The van der Waals surface area contributed by atoms with Gasteiger partial charge in [-0.1, -0.05) is 12.1 Å². The average Bonchev–Trinajstić information content (AvgIpc) is 2.89. The van der Waals surface area contributed by atoms with E-state index in [1.165, 1.54) is 0 Å². The summed E-state index contributed by atoms with van der Waals surface area (Å²) in [5.41, 5.74) is 6.84. The first-order chi connectivity index (χ1) is 12.9. The Balaban J connectivity index is 1.84. The number of rotatable bonds is 5. The number of nitrogens with zero attached hydrogens (tertiary/aromatic N) is 2. The molecular weight excluding hydrogens is 340 g/mol. The number of aryl methyl sites for hydroxylation is 3. The predicted molar refractivity (Wildman–Crippen MR) is 108 cm³/mol. The van der Waals surface area contributed by atoms with Crippen molar-refractivity contribution < 1.29 is 9.53 Å². The minimum absolute atomic E-state index is 0.166. The van der Waals surface area contributed by atoms with Gasteiger partial charge in [0.2, 0.25) is 0 Å². The molecule has 0 saturated carbocycles. The van der Waals surface area contributed by atoms with E-state index in [0.29, 0.717) is 6.54 Å². The van der Waals surface area contributed by atoms with Crippen molar-refractivity contribution in [2.75, 3.05) is 10.6 Å². The number of hydrogen-bond acceptors (Lipinski definition) is 4. The Morgan fingerprint density at radius 1 is 1.15 bits per heavy atom. The summed E-state index contributed by atoms with van der Waals surface area (Å²) in [4.78, 5) is 16.7. The van der Waals surface area contributed by atoms with Crippen molar-refractivity contribution in [2.45, 2.75) is 47.3 Å². The Bertz CT molecular complexity index is 976. The van der Waals surface area contributed by atoms with Crippen molar-refractivity contribution in [3.63, 3.8) is 0 Å². The molecule has 1 amide bonds. The van der Waals surface area contributed by atoms with Gasteiger partial charge in [0.1, 0.15) is 0 Å². The fourth-order valence-electron chi connectivity index (χ4n) is 3.03. The quantitative estimate of drug-likeness (QED) is 0.679. The van der Waals surface area contributed by atoms with Crippen molar-refractivity contribution in [1.29, 1.82) is 0 Å². The van der Waals surface area contributed by atoms with Crippen LogP contribution in [0.1, 0.15) is 36.4 Å². The third-order valence-electron chi connectivity index (χ3n) is 4.57. The van der Waals surface area contributed by atoms with Crippen molar-refractivity contribution in [3.8, 4) is 0 Å². The van der Waals surface area contributed by atoms with Gasteiger partial charge in [0.25, 0.3) is 0 Å². The van der Waals surface area contributed by atoms with Gasteiger partial charge in [-0.2, -0.15) is 0 Å². The molecule has 0 aliphatic heterocycles. The third-order valence-corrected chi connectivity index (χ3v) is 4.57. The summed E-state index contributed by atoms with van der Waals surface area (Å²) in [5, 5.41) is 6.31. The van der Waals surface area contributed by atoms with E-state index in [1.807, 2.05) is 64.2 Å². The van der Waals surface area contributed by atoms with Crippen LogP contribution in [0.3, 0.4) is 0 Å². The molecule has 0 unspecified atom stereocenters. The molecule has 3 aromatic rings. The van der Waals surface area contributed by atoms with Gasteiger partial charge in [0, 0.05) is 24.1 Å². The third kappa shape index (κ3) is 4.05. The number of aromatic nitrogens is 2. The smallest absolute Gasteiger partial charge is 0.411 e. The van der Waals surface area contributed by atoms with E-state index in [-0.39, 0.29) is 6.10 Å². The molecule has 2 heterocycles. The molecule has 0 fully saturated rings. The van der Waals surface area contributed by atoms with Crippen molar-refractivity contribution in [2.24, 2.45) is 0 Å². The van der Waals surface area contributed by atoms with Crippen LogP contribution in [0.2, 0.25) is 0 Å². The number of anilines is 2. The van der Waals surface area contributed by atoms with E-state index >= 15 is 0 Å². The van der Waals surface area contributed by atoms with Crippen LogP contribution in [0.4, 0.5) is 16.2 Å². The number of fused-ring (bicyclic) bond motifs is 1. The van der Waals surface area contributed by atoms with Crippen LogP contribution in [-0.4, -0.2) is 21.6 Å². The lowest BCUT2D eigenvalue weighted by atomic mass is 10.1. The second-order valence-electron chi connectivity index (χ2n) is 6.93. The molecule has 0 spiro atoms. The number of nitrogens with one attached hydrogen (secondary N) is 2. The maximum Gasteiger partial charge on any atom is 0.411 e. The molecule has 0 saturated heterocycles. The molecule has 27 heavy (non-hydrogen) atoms. The molecule has 6 heteroatoms. The molecule has 0 bridgehead atoms. The number of amides is 1. The number of carbonyl (C=O) groups excluding carboxylic acids is 1. The van der Waals surface area contributed by atoms with Crippen LogP contribution >= 0.6 is 0 Å². The molecule has 0 atom stereocenters. The van der Waals surface area contributed by atoms with E-state index in [0.717, 1.165) is 39.5 Å². The van der Waals surface area contributed by atoms with Gasteiger partial charge >= 0.3 is 6.09 Å². The highest BCUT2D eigenvalue weighted by molar-refractivity contribution is 5.86. The summed E-state index contributed by atoms with van der Waals surface area (Å²) >= 11 is 0. The first kappa shape index (κ1) is 18.8. The second kappa shape index (κ2) is 7.70. The summed E-state index contributed by atoms with van der Waals surface area (Å²) in [6.07, 6.45) is 1.40. The summed E-state index contributed by atoms with van der Waals surface area (Å²) in [6.45, 7) is 10.3. The summed E-state index contributed by atoms with van der Waals surface area (Å²) < 4.78 is 7.28. The maximum atomic E-state index is 12.0. The Morgan fingerprint density at radius 2 is 1.89 bits per heavy atom. The lowest BCUT2D eigenvalue weighted by molar-refractivity contribution is 0.130. The Morgan fingerprint density at radius 3 is 2.63 bits per heavy atom. The minimum atomic E-state index is -0.446. The van der Waals surface area contributed by atoms with Crippen LogP contribution < -0.4 is 10.6 Å².